The summed E-state index contributed by atoms with van der Waals surface area (Å²) in [5, 5.41) is 7.51. The van der Waals surface area contributed by atoms with Gasteiger partial charge in [-0.2, -0.15) is 0 Å². The molecular weight excluding hydrogens is 413 g/mol. The average Bonchev–Trinajstić information content (AvgIpc) is 3.22. The Morgan fingerprint density at radius 1 is 1.06 bits per heavy atom. The second-order valence-corrected chi connectivity index (χ2v) is 7.22. The minimum Gasteiger partial charge on any atom is -0.493 e. The van der Waals surface area contributed by atoms with Gasteiger partial charge in [0.25, 0.3) is 11.6 Å². The van der Waals surface area contributed by atoms with Crippen LogP contribution in [0.15, 0.2) is 53.1 Å². The third kappa shape index (κ3) is 4.25. The molecule has 0 fully saturated rings. The zero-order chi connectivity index (χ0) is 22.7. The van der Waals surface area contributed by atoms with Crippen molar-refractivity contribution in [3.8, 4) is 22.8 Å². The summed E-state index contributed by atoms with van der Waals surface area (Å²) in [6.07, 6.45) is 0.605. The van der Waals surface area contributed by atoms with Crippen LogP contribution < -0.4 is 14.8 Å². The Labute approximate surface area is 184 Å². The van der Waals surface area contributed by atoms with Crippen molar-refractivity contribution in [2.75, 3.05) is 20.8 Å². The highest BCUT2D eigenvalue weighted by Crippen LogP contribution is 2.31. The van der Waals surface area contributed by atoms with Gasteiger partial charge in [0.1, 0.15) is 11.5 Å². The standard InChI is InChI=1S/C24H22FN3O4/c1-14-12-18(21-22(28-32-24(21)27-14)16-5-7-17(25)8-6-16)23(29)26-11-10-15-4-9-19(30-2)20(13-15)31-3/h4-9,12-13H,10-11H2,1-3H3,(H,26,29). The van der Waals surface area contributed by atoms with Crippen LogP contribution in [-0.4, -0.2) is 36.8 Å². The zero-order valence-corrected chi connectivity index (χ0v) is 17.9. The molecule has 0 unspecified atom stereocenters. The number of rotatable bonds is 7. The van der Waals surface area contributed by atoms with Crippen LogP contribution in [0.25, 0.3) is 22.4 Å². The number of hydrogen-bond acceptors (Lipinski definition) is 6. The Hall–Kier alpha value is -3.94. The fourth-order valence-electron chi connectivity index (χ4n) is 3.51. The number of ether oxygens (including phenoxy) is 2. The van der Waals surface area contributed by atoms with Crippen LogP contribution >= 0.6 is 0 Å². The Morgan fingerprint density at radius 3 is 2.53 bits per heavy atom. The molecule has 0 bridgehead atoms. The first-order valence-electron chi connectivity index (χ1n) is 10.0. The van der Waals surface area contributed by atoms with Gasteiger partial charge in [0.05, 0.1) is 25.2 Å². The molecule has 2 aromatic carbocycles. The van der Waals surface area contributed by atoms with Gasteiger partial charge in [-0.3, -0.25) is 4.79 Å². The van der Waals surface area contributed by atoms with E-state index in [4.69, 9.17) is 14.0 Å². The van der Waals surface area contributed by atoms with Gasteiger partial charge < -0.3 is 19.3 Å². The highest BCUT2D eigenvalue weighted by atomic mass is 19.1. The van der Waals surface area contributed by atoms with Crippen molar-refractivity contribution < 1.29 is 23.2 Å². The summed E-state index contributed by atoms with van der Waals surface area (Å²) in [6.45, 7) is 2.19. The molecule has 32 heavy (non-hydrogen) atoms. The van der Waals surface area contributed by atoms with Crippen molar-refractivity contribution in [1.29, 1.82) is 0 Å². The number of fused-ring (bicyclic) bond motifs is 1. The zero-order valence-electron chi connectivity index (χ0n) is 17.9. The summed E-state index contributed by atoms with van der Waals surface area (Å²) < 4.78 is 29.3. The van der Waals surface area contributed by atoms with Crippen LogP contribution in [0.4, 0.5) is 4.39 Å². The summed E-state index contributed by atoms with van der Waals surface area (Å²) >= 11 is 0. The van der Waals surface area contributed by atoms with E-state index in [1.807, 2.05) is 18.2 Å². The van der Waals surface area contributed by atoms with E-state index in [0.717, 1.165) is 5.56 Å². The van der Waals surface area contributed by atoms with Crippen molar-refractivity contribution in [1.82, 2.24) is 15.5 Å². The topological polar surface area (TPSA) is 86.5 Å². The van der Waals surface area contributed by atoms with Gasteiger partial charge in [-0.15, -0.1) is 0 Å². The first-order chi connectivity index (χ1) is 15.5. The maximum Gasteiger partial charge on any atom is 0.259 e. The molecule has 4 aromatic rings. The molecule has 0 radical (unpaired) electrons. The SMILES string of the molecule is COc1ccc(CCNC(=O)c2cc(C)nc3onc(-c4ccc(F)cc4)c23)cc1OC. The molecule has 0 saturated heterocycles. The average molecular weight is 435 g/mol. The number of aryl methyl sites for hydroxylation is 1. The van der Waals surface area contributed by atoms with Crippen molar-refractivity contribution in [3.05, 3.63) is 71.2 Å². The third-order valence-corrected chi connectivity index (χ3v) is 5.08. The normalized spacial score (nSPS) is 10.9. The smallest absolute Gasteiger partial charge is 0.259 e. The van der Waals surface area contributed by atoms with Crippen LogP contribution in [0.1, 0.15) is 21.6 Å². The number of halogens is 1. The van der Waals surface area contributed by atoms with E-state index >= 15 is 0 Å². The lowest BCUT2D eigenvalue weighted by Gasteiger charge is -2.10. The molecule has 7 nitrogen and oxygen atoms in total. The molecule has 0 aliphatic heterocycles. The summed E-state index contributed by atoms with van der Waals surface area (Å²) in [5.74, 6) is 0.656. The first kappa shape index (κ1) is 21.3. The van der Waals surface area contributed by atoms with Crippen LogP contribution in [0.5, 0.6) is 11.5 Å². The van der Waals surface area contributed by atoms with Gasteiger partial charge in [0.15, 0.2) is 11.5 Å². The van der Waals surface area contributed by atoms with E-state index in [-0.39, 0.29) is 17.4 Å². The van der Waals surface area contributed by atoms with Gasteiger partial charge in [-0.1, -0.05) is 11.2 Å². The van der Waals surface area contributed by atoms with Gasteiger partial charge >= 0.3 is 0 Å². The summed E-state index contributed by atoms with van der Waals surface area (Å²) in [4.78, 5) is 17.4. The monoisotopic (exact) mass is 435 g/mol. The van der Waals surface area contributed by atoms with Gasteiger partial charge in [0.2, 0.25) is 0 Å². The molecule has 1 amide bonds. The molecule has 0 saturated carbocycles. The number of pyridine rings is 1. The number of aromatic nitrogens is 2. The van der Waals surface area contributed by atoms with E-state index < -0.39 is 0 Å². The molecule has 0 aliphatic carbocycles. The number of nitrogens with one attached hydrogen (secondary N) is 1. The van der Waals surface area contributed by atoms with E-state index in [0.29, 0.717) is 52.4 Å². The highest BCUT2D eigenvalue weighted by Gasteiger charge is 2.21. The second kappa shape index (κ2) is 9.05. The maximum absolute atomic E-state index is 13.3. The van der Waals surface area contributed by atoms with Crippen molar-refractivity contribution in [2.24, 2.45) is 0 Å². The minimum atomic E-state index is -0.358. The lowest BCUT2D eigenvalue weighted by molar-refractivity contribution is 0.0955. The Bertz CT molecular complexity index is 1270. The first-order valence-corrected chi connectivity index (χ1v) is 10.0. The number of carbonyl (C=O) groups is 1. The molecule has 0 atom stereocenters. The summed E-state index contributed by atoms with van der Waals surface area (Å²) in [6, 6.07) is 13.2. The van der Waals surface area contributed by atoms with E-state index in [1.165, 1.54) is 12.1 Å². The highest BCUT2D eigenvalue weighted by molar-refractivity contribution is 6.09. The van der Waals surface area contributed by atoms with Crippen molar-refractivity contribution in [3.63, 3.8) is 0 Å². The number of hydrogen-bond donors (Lipinski definition) is 1. The molecule has 0 aliphatic rings. The molecule has 2 heterocycles. The van der Waals surface area contributed by atoms with Crippen molar-refractivity contribution in [2.45, 2.75) is 13.3 Å². The molecule has 8 heteroatoms. The van der Waals surface area contributed by atoms with Crippen LogP contribution in [0.2, 0.25) is 0 Å². The number of carbonyl (C=O) groups excluding carboxylic acids is 1. The Morgan fingerprint density at radius 2 is 1.81 bits per heavy atom. The molecule has 4 rings (SSSR count). The molecular formula is C24H22FN3O4. The Kier molecular flexibility index (Phi) is 6.02. The third-order valence-electron chi connectivity index (χ3n) is 5.08. The molecule has 164 valence electrons. The van der Waals surface area contributed by atoms with Gasteiger partial charge in [0, 0.05) is 17.8 Å². The lowest BCUT2D eigenvalue weighted by Crippen LogP contribution is -2.26. The maximum atomic E-state index is 13.3. The van der Waals surface area contributed by atoms with Gasteiger partial charge in [-0.25, -0.2) is 9.37 Å². The van der Waals surface area contributed by atoms with Gasteiger partial charge in [-0.05, 0) is 61.4 Å². The van der Waals surface area contributed by atoms with Crippen molar-refractivity contribution >= 4 is 17.0 Å². The second-order valence-electron chi connectivity index (χ2n) is 7.22. The van der Waals surface area contributed by atoms with Crippen LogP contribution in [0.3, 0.4) is 0 Å². The van der Waals surface area contributed by atoms with E-state index in [9.17, 15) is 9.18 Å². The quantitative estimate of drug-likeness (QED) is 0.465. The Balaban J connectivity index is 1.57. The lowest BCUT2D eigenvalue weighted by atomic mass is 10.0. The minimum absolute atomic E-state index is 0.259. The summed E-state index contributed by atoms with van der Waals surface area (Å²) in [7, 11) is 3.16. The van der Waals surface area contributed by atoms with Crippen LogP contribution in [-0.2, 0) is 6.42 Å². The van der Waals surface area contributed by atoms with E-state index in [2.05, 4.69) is 15.5 Å². The number of methoxy groups -OCH3 is 2. The van der Waals surface area contributed by atoms with Crippen LogP contribution in [0, 0.1) is 12.7 Å². The predicted octanol–water partition coefficient (Wildman–Crippen LogP) is 4.33. The molecule has 2 aromatic heterocycles. The molecule has 0 spiro atoms. The summed E-state index contributed by atoms with van der Waals surface area (Å²) in [5.41, 5.74) is 3.36. The fraction of sp³-hybridized carbons (Fsp3) is 0.208. The van der Waals surface area contributed by atoms with E-state index in [1.54, 1.807) is 39.3 Å². The number of benzene rings is 2. The fourth-order valence-corrected chi connectivity index (χ4v) is 3.51. The number of amides is 1. The molecule has 1 N–H and O–H groups in total. The largest absolute Gasteiger partial charge is 0.493 e. The predicted molar refractivity (Wildman–Crippen MR) is 118 cm³/mol. The number of nitrogens with zero attached hydrogens (tertiary/aromatic N) is 2.